The molecule has 2 rings (SSSR count). The van der Waals surface area contributed by atoms with E-state index in [2.05, 4.69) is 29.2 Å². The number of aromatic nitrogens is 3. The fraction of sp³-hybridized carbons (Fsp3) is 0.727. The summed E-state index contributed by atoms with van der Waals surface area (Å²) in [5.41, 5.74) is 0. The van der Waals surface area contributed by atoms with Gasteiger partial charge in [0.2, 0.25) is 5.91 Å². The van der Waals surface area contributed by atoms with E-state index < -0.39 is 0 Å². The lowest BCUT2D eigenvalue weighted by atomic mass is 10.1. The highest BCUT2D eigenvalue weighted by atomic mass is 16.2. The standard InChI is InChI=1S/C11H19N5O/c1-9-5-15(6-10(2)14-9)11(17)3-4-16-8-12-7-13-16/h7-10,14H,3-6H2,1-2H3/t9-,10-/m0/s1. The maximum atomic E-state index is 12.0. The number of piperazine rings is 1. The number of nitrogens with zero attached hydrogens (tertiary/aromatic N) is 4. The van der Waals surface area contributed by atoms with Gasteiger partial charge in [0.15, 0.2) is 0 Å². The van der Waals surface area contributed by atoms with Crippen LogP contribution >= 0.6 is 0 Å². The predicted molar refractivity (Wildman–Crippen MR) is 63.3 cm³/mol. The highest BCUT2D eigenvalue weighted by molar-refractivity contribution is 5.76. The van der Waals surface area contributed by atoms with Gasteiger partial charge in [0, 0.05) is 31.6 Å². The largest absolute Gasteiger partial charge is 0.340 e. The van der Waals surface area contributed by atoms with Crippen molar-refractivity contribution in [2.75, 3.05) is 13.1 Å². The van der Waals surface area contributed by atoms with Gasteiger partial charge in [0.05, 0.1) is 6.54 Å². The molecule has 1 aliphatic rings. The van der Waals surface area contributed by atoms with Gasteiger partial charge in [-0.25, -0.2) is 4.98 Å². The highest BCUT2D eigenvalue weighted by Crippen LogP contribution is 2.06. The summed E-state index contributed by atoms with van der Waals surface area (Å²) in [7, 11) is 0. The number of amides is 1. The van der Waals surface area contributed by atoms with E-state index in [1.54, 1.807) is 11.0 Å². The maximum absolute atomic E-state index is 12.0. The van der Waals surface area contributed by atoms with Crippen LogP contribution < -0.4 is 5.32 Å². The van der Waals surface area contributed by atoms with Crippen LogP contribution in [0.5, 0.6) is 0 Å². The second-order valence-corrected chi connectivity index (χ2v) is 4.68. The SMILES string of the molecule is C[C@H]1CN(C(=O)CCn2cncn2)C[C@H](C)N1. The van der Waals surface area contributed by atoms with E-state index in [9.17, 15) is 4.79 Å². The minimum absolute atomic E-state index is 0.195. The summed E-state index contributed by atoms with van der Waals surface area (Å²) in [5.74, 6) is 0.195. The number of carbonyl (C=O) groups excluding carboxylic acids is 1. The predicted octanol–water partition coefficient (Wildman–Crippen LogP) is -0.123. The molecule has 1 fully saturated rings. The van der Waals surface area contributed by atoms with Crippen LogP contribution in [0.15, 0.2) is 12.7 Å². The van der Waals surface area contributed by atoms with Crippen molar-refractivity contribution in [1.82, 2.24) is 25.0 Å². The molecule has 2 heterocycles. The molecule has 6 nitrogen and oxygen atoms in total. The molecule has 1 N–H and O–H groups in total. The third kappa shape index (κ3) is 3.26. The Morgan fingerprint density at radius 2 is 2.12 bits per heavy atom. The summed E-state index contributed by atoms with van der Waals surface area (Å²) in [6, 6.07) is 0.739. The molecule has 6 heteroatoms. The number of rotatable bonds is 3. The smallest absolute Gasteiger partial charge is 0.224 e. The number of nitrogens with one attached hydrogen (secondary N) is 1. The maximum Gasteiger partial charge on any atom is 0.224 e. The molecule has 0 saturated carbocycles. The van der Waals surface area contributed by atoms with Crippen molar-refractivity contribution in [2.24, 2.45) is 0 Å². The van der Waals surface area contributed by atoms with Gasteiger partial charge >= 0.3 is 0 Å². The number of hydrogen-bond donors (Lipinski definition) is 1. The molecule has 0 aliphatic carbocycles. The van der Waals surface area contributed by atoms with Gasteiger partial charge in [-0.1, -0.05) is 0 Å². The van der Waals surface area contributed by atoms with Crippen LogP contribution in [-0.2, 0) is 11.3 Å². The fourth-order valence-electron chi connectivity index (χ4n) is 2.25. The Labute approximate surface area is 101 Å². The van der Waals surface area contributed by atoms with Crippen molar-refractivity contribution >= 4 is 5.91 Å². The van der Waals surface area contributed by atoms with Gasteiger partial charge < -0.3 is 10.2 Å². The molecule has 0 radical (unpaired) electrons. The summed E-state index contributed by atoms with van der Waals surface area (Å²) < 4.78 is 1.69. The quantitative estimate of drug-likeness (QED) is 0.796. The lowest BCUT2D eigenvalue weighted by Gasteiger charge is -2.36. The van der Waals surface area contributed by atoms with Gasteiger partial charge in [-0.15, -0.1) is 0 Å². The Morgan fingerprint density at radius 1 is 1.41 bits per heavy atom. The Kier molecular flexibility index (Phi) is 3.73. The molecular weight excluding hydrogens is 218 g/mol. The van der Waals surface area contributed by atoms with Crippen molar-refractivity contribution in [3.05, 3.63) is 12.7 Å². The molecule has 0 unspecified atom stereocenters. The van der Waals surface area contributed by atoms with Crippen LogP contribution in [0.2, 0.25) is 0 Å². The monoisotopic (exact) mass is 237 g/mol. The minimum Gasteiger partial charge on any atom is -0.340 e. The summed E-state index contributed by atoms with van der Waals surface area (Å²) in [6.45, 7) is 6.40. The van der Waals surface area contributed by atoms with Crippen molar-refractivity contribution < 1.29 is 4.79 Å². The first-order valence-electron chi connectivity index (χ1n) is 6.01. The van der Waals surface area contributed by atoms with E-state index in [4.69, 9.17) is 0 Å². The van der Waals surface area contributed by atoms with Crippen molar-refractivity contribution in [3.8, 4) is 0 Å². The molecule has 17 heavy (non-hydrogen) atoms. The number of carbonyl (C=O) groups is 1. The Bertz CT molecular complexity index is 354. The van der Waals surface area contributed by atoms with Gasteiger partial charge in [-0.3, -0.25) is 9.48 Å². The average molecular weight is 237 g/mol. The van der Waals surface area contributed by atoms with E-state index in [1.165, 1.54) is 6.33 Å². The third-order valence-electron chi connectivity index (χ3n) is 2.93. The van der Waals surface area contributed by atoms with E-state index in [0.717, 1.165) is 13.1 Å². The Balaban J connectivity index is 1.83. The molecule has 1 aromatic rings. The molecule has 1 aromatic heterocycles. The molecule has 0 spiro atoms. The van der Waals surface area contributed by atoms with Gasteiger partial charge in [-0.05, 0) is 13.8 Å². The normalized spacial score (nSPS) is 24.9. The first-order valence-corrected chi connectivity index (χ1v) is 6.01. The second kappa shape index (κ2) is 5.27. The lowest BCUT2D eigenvalue weighted by Crippen LogP contribution is -2.55. The highest BCUT2D eigenvalue weighted by Gasteiger charge is 2.24. The summed E-state index contributed by atoms with van der Waals surface area (Å²) >= 11 is 0. The van der Waals surface area contributed by atoms with Crippen LogP contribution in [0.4, 0.5) is 0 Å². The molecule has 0 bridgehead atoms. The molecule has 94 valence electrons. The zero-order chi connectivity index (χ0) is 12.3. The summed E-state index contributed by atoms with van der Waals surface area (Å²) in [5, 5.41) is 7.40. The fourth-order valence-corrected chi connectivity index (χ4v) is 2.25. The van der Waals surface area contributed by atoms with Crippen LogP contribution in [0, 0.1) is 0 Å². The summed E-state index contributed by atoms with van der Waals surface area (Å²) in [6.07, 6.45) is 3.61. The average Bonchev–Trinajstić information content (AvgIpc) is 2.77. The molecule has 2 atom stereocenters. The van der Waals surface area contributed by atoms with Gasteiger partial charge in [0.25, 0.3) is 0 Å². The van der Waals surface area contributed by atoms with E-state index in [-0.39, 0.29) is 5.91 Å². The molecule has 0 aromatic carbocycles. The number of hydrogen-bond acceptors (Lipinski definition) is 4. The van der Waals surface area contributed by atoms with Gasteiger partial charge in [-0.2, -0.15) is 5.10 Å². The van der Waals surface area contributed by atoms with Crippen molar-refractivity contribution in [1.29, 1.82) is 0 Å². The minimum atomic E-state index is 0.195. The van der Waals surface area contributed by atoms with Crippen LogP contribution in [-0.4, -0.2) is 50.7 Å². The van der Waals surface area contributed by atoms with E-state index >= 15 is 0 Å². The van der Waals surface area contributed by atoms with Crippen molar-refractivity contribution in [3.63, 3.8) is 0 Å². The first kappa shape index (κ1) is 12.0. The Hall–Kier alpha value is -1.43. The van der Waals surface area contributed by atoms with Gasteiger partial charge in [0.1, 0.15) is 12.7 Å². The molecule has 1 aliphatic heterocycles. The number of aryl methyl sites for hydroxylation is 1. The topological polar surface area (TPSA) is 63.1 Å². The summed E-state index contributed by atoms with van der Waals surface area (Å²) in [4.78, 5) is 17.8. The lowest BCUT2D eigenvalue weighted by molar-refractivity contribution is -0.133. The third-order valence-corrected chi connectivity index (χ3v) is 2.93. The molecular formula is C11H19N5O. The Morgan fingerprint density at radius 3 is 2.71 bits per heavy atom. The first-order chi connectivity index (χ1) is 8.15. The van der Waals surface area contributed by atoms with Crippen molar-refractivity contribution in [2.45, 2.75) is 38.9 Å². The van der Waals surface area contributed by atoms with Crippen LogP contribution in [0.25, 0.3) is 0 Å². The zero-order valence-electron chi connectivity index (χ0n) is 10.3. The van der Waals surface area contributed by atoms with Crippen LogP contribution in [0.1, 0.15) is 20.3 Å². The molecule has 1 saturated heterocycles. The van der Waals surface area contributed by atoms with E-state index in [1.807, 2.05) is 4.90 Å². The molecule has 1 amide bonds. The second-order valence-electron chi connectivity index (χ2n) is 4.68. The van der Waals surface area contributed by atoms with E-state index in [0.29, 0.717) is 25.0 Å². The van der Waals surface area contributed by atoms with Crippen LogP contribution in [0.3, 0.4) is 0 Å². The zero-order valence-corrected chi connectivity index (χ0v) is 10.3.